The Kier molecular flexibility index (Phi) is 34.2. The molecule has 0 spiro atoms. The van der Waals surface area contributed by atoms with Gasteiger partial charge in [-0.05, 0) is 103 Å². The van der Waals surface area contributed by atoms with E-state index in [0.717, 1.165) is 39.2 Å². The smallest absolute Gasteiger partial charge is 0.0934 e. The molecule has 0 N–H and O–H groups in total. The molecule has 0 aliphatic carbocycles. The summed E-state index contributed by atoms with van der Waals surface area (Å²) in [5.41, 5.74) is 0. The van der Waals surface area contributed by atoms with Gasteiger partial charge < -0.3 is 14.4 Å². The lowest BCUT2D eigenvalue weighted by atomic mass is 10.1. The number of hydrogen-bond donors (Lipinski definition) is 0. The summed E-state index contributed by atoms with van der Waals surface area (Å²) in [5.74, 6) is 0. The van der Waals surface area contributed by atoms with E-state index in [9.17, 15) is 0 Å². The minimum atomic E-state index is 0.237. The third kappa shape index (κ3) is 31.4. The molecule has 1 saturated heterocycles. The highest BCUT2D eigenvalue weighted by molar-refractivity contribution is 4.93. The largest absolute Gasteiger partial charge is 0.379 e. The molecule has 1 heterocycles. The van der Waals surface area contributed by atoms with Crippen LogP contribution in [0.3, 0.4) is 0 Å². The first-order chi connectivity index (χ1) is 22.9. The van der Waals surface area contributed by atoms with Crippen LogP contribution in [0.2, 0.25) is 0 Å². The van der Waals surface area contributed by atoms with Crippen molar-refractivity contribution >= 4 is 0 Å². The zero-order valence-corrected chi connectivity index (χ0v) is 31.1. The second-order valence-electron chi connectivity index (χ2n) is 13.7. The van der Waals surface area contributed by atoms with Gasteiger partial charge in [0.2, 0.25) is 0 Å². The van der Waals surface area contributed by atoms with Gasteiger partial charge in [-0.25, -0.2) is 0 Å². The summed E-state index contributed by atoms with van der Waals surface area (Å²) in [6.07, 6.45) is 52.7. The summed E-state index contributed by atoms with van der Waals surface area (Å²) in [6.45, 7) is 10.6. The first-order valence-corrected chi connectivity index (χ1v) is 20.4. The Morgan fingerprint density at radius 2 is 0.891 bits per heavy atom. The number of hydrogen-bond acceptors (Lipinski definition) is 3. The molecule has 0 aromatic heterocycles. The van der Waals surface area contributed by atoms with Crippen molar-refractivity contribution in [3.8, 4) is 0 Å². The molecule has 0 bridgehead atoms. The van der Waals surface area contributed by atoms with E-state index in [4.69, 9.17) is 9.47 Å². The van der Waals surface area contributed by atoms with Gasteiger partial charge in [0.1, 0.15) is 0 Å². The summed E-state index contributed by atoms with van der Waals surface area (Å²) in [5, 5.41) is 0. The van der Waals surface area contributed by atoms with Gasteiger partial charge in [0, 0.05) is 19.8 Å². The fraction of sp³-hybridized carbons (Fsp3) is 0.814. The molecule has 0 radical (unpaired) electrons. The Morgan fingerprint density at radius 1 is 0.478 bits per heavy atom. The third-order valence-electron chi connectivity index (χ3n) is 9.15. The molecule has 1 atom stereocenters. The molecule has 268 valence electrons. The van der Waals surface area contributed by atoms with Crippen molar-refractivity contribution in [1.82, 2.24) is 4.90 Å². The molecule has 3 nitrogen and oxygen atoms in total. The van der Waals surface area contributed by atoms with Crippen molar-refractivity contribution in [3.05, 3.63) is 48.6 Å². The second-order valence-corrected chi connectivity index (χ2v) is 13.7. The topological polar surface area (TPSA) is 21.7 Å². The van der Waals surface area contributed by atoms with E-state index >= 15 is 0 Å². The molecule has 3 heteroatoms. The predicted octanol–water partition coefficient (Wildman–Crippen LogP) is 13.1. The quantitative estimate of drug-likeness (QED) is 0.0508. The summed E-state index contributed by atoms with van der Waals surface area (Å²) in [6, 6.07) is 0. The molecular formula is C43H79NO2. The number of unbranched alkanes of at least 4 members (excludes halogenated alkanes) is 18. The van der Waals surface area contributed by atoms with Crippen molar-refractivity contribution in [2.24, 2.45) is 0 Å². The van der Waals surface area contributed by atoms with Crippen molar-refractivity contribution in [2.75, 3.05) is 39.5 Å². The predicted molar refractivity (Wildman–Crippen MR) is 205 cm³/mol. The highest BCUT2D eigenvalue weighted by Crippen LogP contribution is 2.13. The van der Waals surface area contributed by atoms with Gasteiger partial charge in [-0.1, -0.05) is 140 Å². The Bertz CT molecular complexity index is 706. The fourth-order valence-corrected chi connectivity index (χ4v) is 6.15. The standard InChI is InChI=1S/C43H79NO2/c1-3-5-7-9-11-13-15-17-19-21-23-25-27-29-31-35-39-45-42-43(41-44-37-33-34-38-44)46-40-36-32-30-28-26-24-22-20-18-16-14-12-10-8-6-4-2/h11-14,17-20,43H,3-10,15-16,21-42H2,1-2H3/b13-11+,14-12+,19-17+,20-18+/t43-/m1/s1. The number of likely N-dealkylation sites (tertiary alicyclic amines) is 1. The summed E-state index contributed by atoms with van der Waals surface area (Å²) >= 11 is 0. The van der Waals surface area contributed by atoms with Gasteiger partial charge in [0.25, 0.3) is 0 Å². The normalized spacial score (nSPS) is 15.2. The lowest BCUT2D eigenvalue weighted by Crippen LogP contribution is -2.35. The highest BCUT2D eigenvalue weighted by Gasteiger charge is 2.18. The van der Waals surface area contributed by atoms with Crippen LogP contribution in [0, 0.1) is 0 Å². The third-order valence-corrected chi connectivity index (χ3v) is 9.15. The maximum absolute atomic E-state index is 6.37. The molecule has 1 rings (SSSR count). The van der Waals surface area contributed by atoms with Gasteiger partial charge in [-0.2, -0.15) is 0 Å². The molecule has 0 saturated carbocycles. The van der Waals surface area contributed by atoms with Crippen LogP contribution < -0.4 is 0 Å². The molecular weight excluding hydrogens is 562 g/mol. The van der Waals surface area contributed by atoms with Crippen molar-refractivity contribution in [1.29, 1.82) is 0 Å². The Hall–Kier alpha value is -1.16. The van der Waals surface area contributed by atoms with Gasteiger partial charge in [-0.3, -0.25) is 0 Å². The van der Waals surface area contributed by atoms with Crippen LogP contribution in [0.5, 0.6) is 0 Å². The maximum Gasteiger partial charge on any atom is 0.0934 e. The van der Waals surface area contributed by atoms with Crippen LogP contribution in [-0.4, -0.2) is 50.5 Å². The van der Waals surface area contributed by atoms with E-state index in [0.29, 0.717) is 0 Å². The van der Waals surface area contributed by atoms with Crippen LogP contribution in [0.4, 0.5) is 0 Å². The maximum atomic E-state index is 6.37. The molecule has 1 fully saturated rings. The minimum Gasteiger partial charge on any atom is -0.379 e. The van der Waals surface area contributed by atoms with E-state index < -0.39 is 0 Å². The van der Waals surface area contributed by atoms with Crippen molar-refractivity contribution in [2.45, 2.75) is 187 Å². The lowest BCUT2D eigenvalue weighted by molar-refractivity contribution is -0.0316. The monoisotopic (exact) mass is 642 g/mol. The van der Waals surface area contributed by atoms with Crippen molar-refractivity contribution < 1.29 is 9.47 Å². The molecule has 0 aromatic rings. The first-order valence-electron chi connectivity index (χ1n) is 20.4. The molecule has 0 unspecified atom stereocenters. The first kappa shape index (κ1) is 42.9. The van der Waals surface area contributed by atoms with E-state index in [1.807, 2.05) is 0 Å². The number of ether oxygens (including phenoxy) is 2. The van der Waals surface area contributed by atoms with Gasteiger partial charge in [-0.15, -0.1) is 0 Å². The molecule has 0 aromatic carbocycles. The Morgan fingerprint density at radius 3 is 1.37 bits per heavy atom. The fourth-order valence-electron chi connectivity index (χ4n) is 6.15. The minimum absolute atomic E-state index is 0.237. The van der Waals surface area contributed by atoms with Crippen LogP contribution in [0.25, 0.3) is 0 Å². The van der Waals surface area contributed by atoms with Gasteiger partial charge >= 0.3 is 0 Å². The Labute approximate surface area is 288 Å². The van der Waals surface area contributed by atoms with E-state index in [-0.39, 0.29) is 6.10 Å². The number of nitrogens with zero attached hydrogens (tertiary/aromatic N) is 1. The zero-order valence-electron chi connectivity index (χ0n) is 31.1. The molecule has 0 amide bonds. The highest BCUT2D eigenvalue weighted by atomic mass is 16.5. The van der Waals surface area contributed by atoms with Crippen LogP contribution >= 0.6 is 0 Å². The van der Waals surface area contributed by atoms with Crippen LogP contribution in [-0.2, 0) is 9.47 Å². The summed E-state index contributed by atoms with van der Waals surface area (Å²) in [4.78, 5) is 2.58. The van der Waals surface area contributed by atoms with Crippen LogP contribution in [0.1, 0.15) is 181 Å². The average molecular weight is 642 g/mol. The number of rotatable bonds is 35. The second kappa shape index (κ2) is 36.7. The number of allylic oxidation sites excluding steroid dienone is 8. The zero-order chi connectivity index (χ0) is 32.9. The summed E-state index contributed by atoms with van der Waals surface area (Å²) in [7, 11) is 0. The summed E-state index contributed by atoms with van der Waals surface area (Å²) < 4.78 is 12.5. The van der Waals surface area contributed by atoms with Crippen molar-refractivity contribution in [3.63, 3.8) is 0 Å². The average Bonchev–Trinajstić information content (AvgIpc) is 3.58. The van der Waals surface area contributed by atoms with Gasteiger partial charge in [0.15, 0.2) is 0 Å². The molecule has 1 aliphatic heterocycles. The van der Waals surface area contributed by atoms with Gasteiger partial charge in [0.05, 0.1) is 12.7 Å². The van der Waals surface area contributed by atoms with E-state index in [1.54, 1.807) is 0 Å². The molecule has 46 heavy (non-hydrogen) atoms. The van der Waals surface area contributed by atoms with Crippen LogP contribution in [0.15, 0.2) is 48.6 Å². The molecule has 1 aliphatic rings. The van der Waals surface area contributed by atoms with E-state index in [2.05, 4.69) is 67.4 Å². The Balaban J connectivity index is 1.97. The van der Waals surface area contributed by atoms with E-state index in [1.165, 1.54) is 167 Å². The SMILES string of the molecule is CCCCC/C=C/C/C=C/CCCCCCCCOC[C@@H](CN1CCCC1)OCCCCCCCC/C=C/C/C=C/CCCCC. The lowest BCUT2D eigenvalue weighted by Gasteiger charge is -2.24.